The molecule has 7 nitrogen and oxygen atoms in total. The van der Waals surface area contributed by atoms with E-state index in [0.717, 1.165) is 17.3 Å². The van der Waals surface area contributed by atoms with Gasteiger partial charge in [0.15, 0.2) is 23.3 Å². The number of benzene rings is 6. The lowest BCUT2D eigenvalue weighted by Crippen LogP contribution is -2.30. The smallest absolute Gasteiger partial charge is 0.272 e. The van der Waals surface area contributed by atoms with Gasteiger partial charge in [-0.15, -0.1) is 11.8 Å². The number of ether oxygens (including phenoxy) is 1. The molecule has 6 aromatic carbocycles. The summed E-state index contributed by atoms with van der Waals surface area (Å²) >= 11 is 0.998. The van der Waals surface area contributed by atoms with E-state index in [1.54, 1.807) is 109 Å². The fourth-order valence-corrected chi connectivity index (χ4v) is 6.26. The van der Waals surface area contributed by atoms with E-state index in [0.29, 0.717) is 39.6 Å². The minimum absolute atomic E-state index is 0.0423. The largest absolute Gasteiger partial charge is 0.489 e. The Morgan fingerprint density at radius 3 is 1.87 bits per heavy atom. The molecule has 0 aliphatic rings. The molecule has 55 heavy (non-hydrogen) atoms. The summed E-state index contributed by atoms with van der Waals surface area (Å²) in [6.45, 7) is 0.379. The molecule has 3 amide bonds. The van der Waals surface area contributed by atoms with Gasteiger partial charge in [-0.3, -0.25) is 14.4 Å². The first-order valence-corrected chi connectivity index (χ1v) is 17.6. The van der Waals surface area contributed by atoms with E-state index >= 15 is 0 Å². The minimum atomic E-state index is -1.73. The maximum absolute atomic E-state index is 14.4. The van der Waals surface area contributed by atoms with E-state index in [2.05, 4.69) is 10.6 Å². The van der Waals surface area contributed by atoms with Crippen molar-refractivity contribution in [3.05, 3.63) is 197 Å². The quantitative estimate of drug-likeness (QED) is 0.0472. The van der Waals surface area contributed by atoms with E-state index in [1.807, 2.05) is 35.6 Å². The summed E-state index contributed by atoms with van der Waals surface area (Å²) in [4.78, 5) is 40.6. The Kier molecular flexibility index (Phi) is 12.4. The Balaban J connectivity index is 1.18. The molecule has 0 saturated heterocycles. The second-order valence-corrected chi connectivity index (χ2v) is 13.1. The first-order chi connectivity index (χ1) is 26.6. The lowest BCUT2D eigenvalue weighted by Gasteiger charge is -2.18. The standard InChI is InChI=1S/C43H31F4N3O4S/c44-34-25-35(45)38(47)39(37(34)46)50-43(53)40(29-12-6-2-7-13-29)55-33-22-18-31(19-23-33)48-42(52)36(49-41(51)30-14-8-3-9-15-30)24-27-16-20-32(21-17-27)54-26-28-10-4-1-5-11-28/h1-25,40H,26H2,(H,48,52)(H,49,51)(H,50,53)/b36-24-. The number of carbonyl (C=O) groups is 3. The molecule has 0 radical (unpaired) electrons. The van der Waals surface area contributed by atoms with Crippen LogP contribution < -0.4 is 20.7 Å². The predicted molar refractivity (Wildman–Crippen MR) is 204 cm³/mol. The predicted octanol–water partition coefficient (Wildman–Crippen LogP) is 9.70. The highest BCUT2D eigenvalue weighted by Crippen LogP contribution is 2.37. The number of rotatable bonds is 13. The first kappa shape index (κ1) is 38.1. The fourth-order valence-electron chi connectivity index (χ4n) is 5.23. The number of halogens is 4. The first-order valence-electron chi connectivity index (χ1n) is 16.8. The molecule has 1 atom stereocenters. The van der Waals surface area contributed by atoms with Gasteiger partial charge in [-0.05, 0) is 71.3 Å². The van der Waals surface area contributed by atoms with Crippen molar-refractivity contribution in [1.29, 1.82) is 0 Å². The van der Waals surface area contributed by atoms with E-state index in [9.17, 15) is 31.9 Å². The maximum atomic E-state index is 14.4. The number of hydrogen-bond acceptors (Lipinski definition) is 5. The molecular formula is C43H31F4N3O4S. The van der Waals surface area contributed by atoms with Gasteiger partial charge >= 0.3 is 0 Å². The molecule has 0 heterocycles. The number of amides is 3. The van der Waals surface area contributed by atoms with Crippen molar-refractivity contribution in [2.75, 3.05) is 10.6 Å². The third kappa shape index (κ3) is 10.1. The van der Waals surface area contributed by atoms with Crippen molar-refractivity contribution in [3.8, 4) is 5.75 Å². The van der Waals surface area contributed by atoms with Crippen molar-refractivity contribution in [3.63, 3.8) is 0 Å². The second kappa shape index (κ2) is 17.9. The van der Waals surface area contributed by atoms with Crippen molar-refractivity contribution in [2.24, 2.45) is 0 Å². The van der Waals surface area contributed by atoms with Gasteiger partial charge in [-0.1, -0.05) is 91.0 Å². The molecule has 3 N–H and O–H groups in total. The maximum Gasteiger partial charge on any atom is 0.272 e. The highest BCUT2D eigenvalue weighted by Gasteiger charge is 2.27. The van der Waals surface area contributed by atoms with Crippen LogP contribution in [0.4, 0.5) is 28.9 Å². The molecule has 1 unspecified atom stereocenters. The molecule has 12 heteroatoms. The molecular weight excluding hydrogens is 731 g/mol. The topological polar surface area (TPSA) is 96.5 Å². The Bertz CT molecular complexity index is 2290. The Hall–Kier alpha value is -6.66. The van der Waals surface area contributed by atoms with E-state index in [1.165, 1.54) is 6.08 Å². The van der Waals surface area contributed by atoms with Crippen molar-refractivity contribution < 1.29 is 36.7 Å². The van der Waals surface area contributed by atoms with Gasteiger partial charge in [0.25, 0.3) is 11.8 Å². The molecule has 276 valence electrons. The van der Waals surface area contributed by atoms with E-state index < -0.39 is 51.9 Å². The SMILES string of the molecule is O=C(Nc1ccc(SC(C(=O)Nc2c(F)c(F)cc(F)c2F)c2ccccc2)cc1)/C(=C/c1ccc(OCc2ccccc2)cc1)NC(=O)c1ccccc1. The fraction of sp³-hybridized carbons (Fsp3) is 0.0465. The third-order valence-electron chi connectivity index (χ3n) is 8.03. The normalized spacial score (nSPS) is 11.7. The van der Waals surface area contributed by atoms with Crippen LogP contribution in [0.3, 0.4) is 0 Å². The highest BCUT2D eigenvalue weighted by molar-refractivity contribution is 8.00. The summed E-state index contributed by atoms with van der Waals surface area (Å²) in [7, 11) is 0. The molecule has 6 rings (SSSR count). The lowest BCUT2D eigenvalue weighted by molar-refractivity contribution is -0.116. The van der Waals surface area contributed by atoms with E-state index in [-0.39, 0.29) is 11.8 Å². The summed E-state index contributed by atoms with van der Waals surface area (Å²) in [6, 6.07) is 39.8. The number of carbonyl (C=O) groups excluding carboxylic acids is 3. The molecule has 0 spiro atoms. The zero-order chi connectivity index (χ0) is 38.7. The van der Waals surface area contributed by atoms with Gasteiger partial charge in [0.2, 0.25) is 5.91 Å². The molecule has 0 saturated carbocycles. The van der Waals surface area contributed by atoms with Gasteiger partial charge < -0.3 is 20.7 Å². The van der Waals surface area contributed by atoms with Crippen molar-refractivity contribution >= 4 is 46.9 Å². The summed E-state index contributed by atoms with van der Waals surface area (Å²) in [5.41, 5.74) is 1.48. The van der Waals surface area contributed by atoms with Crippen LogP contribution in [-0.4, -0.2) is 17.7 Å². The molecule has 0 aromatic heterocycles. The number of nitrogens with one attached hydrogen (secondary N) is 3. The Morgan fingerprint density at radius 1 is 0.673 bits per heavy atom. The zero-order valence-electron chi connectivity index (χ0n) is 28.8. The van der Waals surface area contributed by atoms with Crippen LogP contribution in [0, 0.1) is 23.3 Å². The highest BCUT2D eigenvalue weighted by atomic mass is 32.2. The van der Waals surface area contributed by atoms with Crippen LogP contribution in [0.2, 0.25) is 0 Å². The molecule has 6 aromatic rings. The van der Waals surface area contributed by atoms with Crippen LogP contribution in [0.25, 0.3) is 6.08 Å². The van der Waals surface area contributed by atoms with Gasteiger partial charge in [-0.25, -0.2) is 17.6 Å². The number of anilines is 2. The van der Waals surface area contributed by atoms with Gasteiger partial charge in [0, 0.05) is 22.2 Å². The molecule has 0 aliphatic carbocycles. The van der Waals surface area contributed by atoms with Gasteiger partial charge in [0.05, 0.1) is 0 Å². The molecule has 0 aliphatic heterocycles. The summed E-state index contributed by atoms with van der Waals surface area (Å²) in [6.07, 6.45) is 1.53. The third-order valence-corrected chi connectivity index (χ3v) is 9.30. The molecule has 0 fully saturated rings. The van der Waals surface area contributed by atoms with Crippen LogP contribution >= 0.6 is 11.8 Å². The minimum Gasteiger partial charge on any atom is -0.489 e. The van der Waals surface area contributed by atoms with Crippen molar-refractivity contribution in [2.45, 2.75) is 16.8 Å². The van der Waals surface area contributed by atoms with E-state index in [4.69, 9.17) is 4.74 Å². The Labute approximate surface area is 318 Å². The summed E-state index contributed by atoms with van der Waals surface area (Å²) in [5, 5.41) is 6.36. The lowest BCUT2D eigenvalue weighted by atomic mass is 10.1. The van der Waals surface area contributed by atoms with Crippen LogP contribution in [0.1, 0.15) is 32.3 Å². The van der Waals surface area contributed by atoms with Gasteiger partial charge in [-0.2, -0.15) is 0 Å². The van der Waals surface area contributed by atoms with Crippen LogP contribution in [0.5, 0.6) is 5.75 Å². The number of hydrogen-bond donors (Lipinski definition) is 3. The number of thioether (sulfide) groups is 1. The zero-order valence-corrected chi connectivity index (χ0v) is 29.6. The van der Waals surface area contributed by atoms with Crippen LogP contribution in [0.15, 0.2) is 156 Å². The monoisotopic (exact) mass is 761 g/mol. The summed E-state index contributed by atoms with van der Waals surface area (Å²) in [5.74, 6) is -8.22. The Morgan fingerprint density at radius 2 is 1.25 bits per heavy atom. The van der Waals surface area contributed by atoms with Gasteiger partial charge in [0.1, 0.15) is 29.0 Å². The van der Waals surface area contributed by atoms with Crippen molar-refractivity contribution in [1.82, 2.24) is 5.32 Å². The van der Waals surface area contributed by atoms with Crippen LogP contribution in [-0.2, 0) is 16.2 Å². The molecule has 0 bridgehead atoms. The second-order valence-electron chi connectivity index (χ2n) is 11.9. The average Bonchev–Trinajstić information content (AvgIpc) is 3.21. The summed E-state index contributed by atoms with van der Waals surface area (Å²) < 4.78 is 62.4. The average molecular weight is 762 g/mol.